The van der Waals surface area contributed by atoms with Crippen LogP contribution in [-0.2, 0) is 8.85 Å². The lowest BCUT2D eigenvalue weighted by Crippen LogP contribution is -2.51. The molecule has 6 heteroatoms. The van der Waals surface area contributed by atoms with Crippen LogP contribution in [0.1, 0.15) is 13.8 Å². The zero-order chi connectivity index (χ0) is 17.0. The van der Waals surface area contributed by atoms with Crippen molar-refractivity contribution < 1.29 is 22.0 Å². The second-order valence-electron chi connectivity index (χ2n) is 5.14. The largest absolute Gasteiger partial charge is 0.391 e. The Morgan fingerprint density at radius 2 is 1.30 bits per heavy atom. The van der Waals surface area contributed by atoms with E-state index in [1.54, 1.807) is 12.1 Å². The van der Waals surface area contributed by atoms with E-state index in [1.165, 1.54) is 0 Å². The fraction of sp³-hybridized carbons (Fsp3) is 0.294. The van der Waals surface area contributed by atoms with Gasteiger partial charge in [0.1, 0.15) is 0 Å². The molecule has 0 bridgehead atoms. The highest BCUT2D eigenvalue weighted by atomic mass is 28.4. The maximum atomic E-state index is 13.3. The van der Waals surface area contributed by atoms with E-state index in [2.05, 4.69) is 0 Å². The number of hydrogen-bond acceptors (Lipinski definition) is 2. The Kier molecular flexibility index (Phi) is 5.62. The highest BCUT2D eigenvalue weighted by Gasteiger charge is 2.33. The number of benzene rings is 2. The molecule has 0 unspecified atom stereocenters. The molecular formula is C17H19F3O2Si. The molecule has 2 aromatic rings. The number of halogens is 3. The minimum absolute atomic E-state index is 0.282. The van der Waals surface area contributed by atoms with E-state index in [1.807, 2.05) is 32.5 Å². The molecule has 0 aliphatic rings. The van der Waals surface area contributed by atoms with Crippen molar-refractivity contribution in [1.29, 1.82) is 0 Å². The van der Waals surface area contributed by atoms with Crippen LogP contribution in [0.4, 0.5) is 13.2 Å². The minimum Gasteiger partial charge on any atom is -0.391 e. The molecule has 0 atom stereocenters. The first-order valence-electron chi connectivity index (χ1n) is 7.44. The molecule has 124 valence electrons. The van der Waals surface area contributed by atoms with Crippen molar-refractivity contribution in [2.75, 3.05) is 13.2 Å². The monoisotopic (exact) mass is 340 g/mol. The van der Waals surface area contributed by atoms with Crippen molar-refractivity contribution in [3.05, 3.63) is 53.8 Å². The van der Waals surface area contributed by atoms with Gasteiger partial charge in [0.15, 0.2) is 17.5 Å². The molecule has 0 aliphatic heterocycles. The van der Waals surface area contributed by atoms with Gasteiger partial charge in [-0.3, -0.25) is 0 Å². The quantitative estimate of drug-likeness (QED) is 0.582. The maximum Gasteiger partial charge on any atom is 0.369 e. The molecule has 2 aromatic carbocycles. The van der Waals surface area contributed by atoms with Crippen LogP contribution in [0.3, 0.4) is 0 Å². The van der Waals surface area contributed by atoms with E-state index >= 15 is 0 Å². The Balaban J connectivity index is 2.35. The summed E-state index contributed by atoms with van der Waals surface area (Å²) >= 11 is 0. The molecule has 0 spiro atoms. The molecule has 0 amide bonds. The normalized spacial score (nSPS) is 11.7. The van der Waals surface area contributed by atoms with Gasteiger partial charge in [-0.25, -0.2) is 13.2 Å². The van der Waals surface area contributed by atoms with Crippen LogP contribution in [0, 0.1) is 17.5 Å². The van der Waals surface area contributed by atoms with Crippen LogP contribution >= 0.6 is 0 Å². The molecule has 0 saturated carbocycles. The van der Waals surface area contributed by atoms with Gasteiger partial charge >= 0.3 is 8.56 Å². The summed E-state index contributed by atoms with van der Waals surface area (Å²) in [4.78, 5) is 0. The van der Waals surface area contributed by atoms with Crippen molar-refractivity contribution in [2.45, 2.75) is 20.4 Å². The lowest BCUT2D eigenvalue weighted by atomic mass is 10.1. The van der Waals surface area contributed by atoms with Gasteiger partial charge < -0.3 is 8.85 Å². The molecule has 2 rings (SSSR count). The average Bonchev–Trinajstić information content (AvgIpc) is 2.53. The van der Waals surface area contributed by atoms with Crippen molar-refractivity contribution in [3.63, 3.8) is 0 Å². The van der Waals surface area contributed by atoms with E-state index in [9.17, 15) is 13.2 Å². The Morgan fingerprint density at radius 3 is 1.74 bits per heavy atom. The molecular weight excluding hydrogens is 321 g/mol. The van der Waals surface area contributed by atoms with Gasteiger partial charge in [-0.2, -0.15) is 0 Å². The van der Waals surface area contributed by atoms with Crippen molar-refractivity contribution in [1.82, 2.24) is 0 Å². The van der Waals surface area contributed by atoms with Gasteiger partial charge in [0.25, 0.3) is 0 Å². The highest BCUT2D eigenvalue weighted by molar-refractivity contribution is 6.79. The number of hydrogen-bond donors (Lipinski definition) is 0. The zero-order valence-electron chi connectivity index (χ0n) is 13.3. The molecule has 0 N–H and O–H groups in total. The summed E-state index contributed by atoms with van der Waals surface area (Å²) in [5.74, 6) is -3.86. The van der Waals surface area contributed by atoms with Crippen LogP contribution in [0.15, 0.2) is 36.4 Å². The van der Waals surface area contributed by atoms with Crippen LogP contribution in [0.5, 0.6) is 0 Å². The summed E-state index contributed by atoms with van der Waals surface area (Å²) in [6.07, 6.45) is 0. The molecule has 0 aliphatic carbocycles. The topological polar surface area (TPSA) is 18.5 Å². The fourth-order valence-electron chi connectivity index (χ4n) is 2.45. The third-order valence-corrected chi connectivity index (χ3v) is 6.63. The smallest absolute Gasteiger partial charge is 0.369 e. The van der Waals surface area contributed by atoms with E-state index in [0.717, 1.165) is 17.3 Å². The van der Waals surface area contributed by atoms with Crippen LogP contribution in [0.25, 0.3) is 11.1 Å². The van der Waals surface area contributed by atoms with E-state index in [0.29, 0.717) is 18.8 Å². The van der Waals surface area contributed by atoms with Gasteiger partial charge in [0.2, 0.25) is 0 Å². The highest BCUT2D eigenvalue weighted by Crippen LogP contribution is 2.23. The van der Waals surface area contributed by atoms with Gasteiger partial charge in [0, 0.05) is 13.2 Å². The molecule has 0 saturated heterocycles. The second-order valence-corrected chi connectivity index (χ2v) is 8.19. The average molecular weight is 340 g/mol. The van der Waals surface area contributed by atoms with Crippen molar-refractivity contribution >= 4 is 13.7 Å². The molecule has 0 aromatic heterocycles. The van der Waals surface area contributed by atoms with E-state index in [-0.39, 0.29) is 5.56 Å². The Labute approximate surface area is 135 Å². The van der Waals surface area contributed by atoms with Crippen molar-refractivity contribution in [2.24, 2.45) is 0 Å². The van der Waals surface area contributed by atoms with Gasteiger partial charge in [-0.15, -0.1) is 0 Å². The molecule has 0 radical (unpaired) electrons. The summed E-state index contributed by atoms with van der Waals surface area (Å²) in [5, 5.41) is 0.924. The first-order valence-corrected chi connectivity index (χ1v) is 9.76. The molecule has 2 nitrogen and oxygen atoms in total. The predicted molar refractivity (Wildman–Crippen MR) is 86.3 cm³/mol. The third-order valence-electron chi connectivity index (χ3n) is 3.57. The Morgan fingerprint density at radius 1 is 0.826 bits per heavy atom. The van der Waals surface area contributed by atoms with Crippen molar-refractivity contribution in [3.8, 4) is 11.1 Å². The van der Waals surface area contributed by atoms with Gasteiger partial charge in [-0.1, -0.05) is 24.3 Å². The number of rotatable bonds is 6. The third kappa shape index (κ3) is 3.83. The summed E-state index contributed by atoms with van der Waals surface area (Å²) in [6, 6.07) is 9.07. The van der Waals surface area contributed by atoms with E-state index in [4.69, 9.17) is 8.85 Å². The summed E-state index contributed by atoms with van der Waals surface area (Å²) < 4.78 is 51.3. The lowest BCUT2D eigenvalue weighted by molar-refractivity contribution is 0.202. The van der Waals surface area contributed by atoms with Crippen LogP contribution in [0.2, 0.25) is 6.55 Å². The SMILES string of the molecule is CCO[Si](C)(OCC)c1ccc(-c2cc(F)c(F)c(F)c2)cc1. The fourth-order valence-corrected chi connectivity index (χ4v) is 4.74. The summed E-state index contributed by atoms with van der Waals surface area (Å²) in [7, 11) is -2.49. The molecule has 0 heterocycles. The Bertz CT molecular complexity index is 645. The molecule has 23 heavy (non-hydrogen) atoms. The first kappa shape index (κ1) is 17.7. The maximum absolute atomic E-state index is 13.3. The standard InChI is InChI=1S/C17H19F3O2Si/c1-4-21-23(3,22-5-2)14-8-6-12(7-9-14)13-10-15(18)17(20)16(19)11-13/h6-11H,4-5H2,1-3H3. The summed E-state index contributed by atoms with van der Waals surface area (Å²) in [5.41, 5.74) is 0.875. The van der Waals surface area contributed by atoms with Gasteiger partial charge in [0.05, 0.1) is 0 Å². The minimum atomic E-state index is -2.49. The van der Waals surface area contributed by atoms with Crippen LogP contribution in [-0.4, -0.2) is 21.8 Å². The first-order chi connectivity index (χ1) is 10.9. The Hall–Kier alpha value is -1.63. The predicted octanol–water partition coefficient (Wildman–Crippen LogP) is 4.12. The molecule has 0 fully saturated rings. The van der Waals surface area contributed by atoms with Gasteiger partial charge in [-0.05, 0) is 48.8 Å². The summed E-state index contributed by atoms with van der Waals surface area (Å²) in [6.45, 7) is 6.84. The lowest BCUT2D eigenvalue weighted by Gasteiger charge is -2.26. The van der Waals surface area contributed by atoms with Crippen LogP contribution < -0.4 is 5.19 Å². The second kappa shape index (κ2) is 7.29. The van der Waals surface area contributed by atoms with E-state index < -0.39 is 26.0 Å². The zero-order valence-corrected chi connectivity index (χ0v) is 14.3.